The maximum absolute atomic E-state index is 13.7. The molecule has 43 heavy (non-hydrogen) atoms. The van der Waals surface area contributed by atoms with E-state index in [1.165, 1.54) is 25.7 Å². The van der Waals surface area contributed by atoms with Gasteiger partial charge in [0.15, 0.2) is 5.76 Å². The van der Waals surface area contributed by atoms with Gasteiger partial charge in [0.25, 0.3) is 5.91 Å². The van der Waals surface area contributed by atoms with Crippen molar-refractivity contribution in [2.24, 2.45) is 4.99 Å². The van der Waals surface area contributed by atoms with E-state index in [1.54, 1.807) is 14.2 Å². The van der Waals surface area contributed by atoms with E-state index in [0.717, 1.165) is 72.6 Å². The lowest BCUT2D eigenvalue weighted by atomic mass is 9.94. The highest BCUT2D eigenvalue weighted by atomic mass is 16.5. The van der Waals surface area contributed by atoms with Gasteiger partial charge in [0.2, 0.25) is 0 Å². The van der Waals surface area contributed by atoms with Gasteiger partial charge in [0.05, 0.1) is 20.3 Å². The molecule has 1 amide bonds. The van der Waals surface area contributed by atoms with Gasteiger partial charge in [-0.1, -0.05) is 50.7 Å². The highest BCUT2D eigenvalue weighted by molar-refractivity contribution is 6.11. The van der Waals surface area contributed by atoms with Crippen LogP contribution in [0.15, 0.2) is 83.5 Å². The fourth-order valence-corrected chi connectivity index (χ4v) is 6.38. The number of ether oxygens (including phenoxy) is 3. The Morgan fingerprint density at radius 2 is 1.21 bits per heavy atom. The number of carbonyl (C=O) groups is 1. The largest absolute Gasteiger partial charge is 0.497 e. The number of aliphatic imine (C=N–C) groups is 1. The Labute approximate surface area is 254 Å². The van der Waals surface area contributed by atoms with E-state index >= 15 is 0 Å². The van der Waals surface area contributed by atoms with Crippen LogP contribution in [0.25, 0.3) is 6.08 Å². The van der Waals surface area contributed by atoms with Crippen molar-refractivity contribution in [2.75, 3.05) is 19.1 Å². The molecule has 6 rings (SSSR count). The van der Waals surface area contributed by atoms with Crippen LogP contribution in [0.5, 0.6) is 11.5 Å². The summed E-state index contributed by atoms with van der Waals surface area (Å²) in [5.41, 5.74) is 3.88. The number of nitrogens with zero attached hydrogens (tertiary/aromatic N) is 3. The highest BCUT2D eigenvalue weighted by Crippen LogP contribution is 2.37. The van der Waals surface area contributed by atoms with Gasteiger partial charge in [-0.25, -0.2) is 4.99 Å². The van der Waals surface area contributed by atoms with Crippen molar-refractivity contribution in [3.63, 3.8) is 0 Å². The standard InChI is InChI=1S/C36H41N3O4/c1-41-32-21-17-30(18-22-32)38(31-19-23-33(42-2)24-20-31)29-15-13-26(14-16-29)25-34-35(40)39(28-11-7-4-8-12-28)36(43-34)37-27-9-5-3-6-10-27/h13-25,27-28H,3-12H2,1-2H3/b34-25+,37-36?. The molecule has 0 atom stereocenters. The second-order valence-corrected chi connectivity index (χ2v) is 11.6. The second-order valence-electron chi connectivity index (χ2n) is 11.6. The first-order valence-electron chi connectivity index (χ1n) is 15.6. The number of benzene rings is 3. The van der Waals surface area contributed by atoms with Crippen LogP contribution in [-0.2, 0) is 9.53 Å². The number of amides is 1. The lowest BCUT2D eigenvalue weighted by Crippen LogP contribution is -2.41. The summed E-state index contributed by atoms with van der Waals surface area (Å²) in [6.07, 6.45) is 13.2. The molecule has 224 valence electrons. The quantitative estimate of drug-likeness (QED) is 0.251. The van der Waals surface area contributed by atoms with Gasteiger partial charge in [0, 0.05) is 23.1 Å². The first-order valence-corrected chi connectivity index (χ1v) is 15.6. The number of hydrogen-bond acceptors (Lipinski definition) is 6. The van der Waals surface area contributed by atoms with Gasteiger partial charge in [-0.05, 0) is 98.0 Å². The first-order chi connectivity index (χ1) is 21.1. The smallest absolute Gasteiger partial charge is 0.300 e. The lowest BCUT2D eigenvalue weighted by molar-refractivity contribution is -0.124. The van der Waals surface area contributed by atoms with Crippen LogP contribution in [0, 0.1) is 0 Å². The van der Waals surface area contributed by atoms with Crippen LogP contribution in [0.1, 0.15) is 69.8 Å². The summed E-state index contributed by atoms with van der Waals surface area (Å²) in [5, 5.41) is 0. The Morgan fingerprint density at radius 1 is 0.721 bits per heavy atom. The van der Waals surface area contributed by atoms with Crippen molar-refractivity contribution >= 4 is 35.1 Å². The summed E-state index contributed by atoms with van der Waals surface area (Å²) in [5.74, 6) is 1.89. The zero-order valence-corrected chi connectivity index (χ0v) is 25.2. The molecule has 3 fully saturated rings. The fraction of sp³-hybridized carbons (Fsp3) is 0.389. The van der Waals surface area contributed by atoms with Crippen LogP contribution < -0.4 is 14.4 Å². The van der Waals surface area contributed by atoms with Gasteiger partial charge < -0.3 is 19.1 Å². The third-order valence-corrected chi connectivity index (χ3v) is 8.75. The number of methoxy groups -OCH3 is 2. The van der Waals surface area contributed by atoms with Gasteiger partial charge in [0.1, 0.15) is 11.5 Å². The topological polar surface area (TPSA) is 63.6 Å². The minimum absolute atomic E-state index is 0.0661. The maximum atomic E-state index is 13.7. The Morgan fingerprint density at radius 3 is 1.72 bits per heavy atom. The fourth-order valence-electron chi connectivity index (χ4n) is 6.38. The van der Waals surface area contributed by atoms with Crippen LogP contribution in [-0.4, -0.2) is 43.1 Å². The van der Waals surface area contributed by atoms with E-state index in [2.05, 4.69) is 17.0 Å². The lowest BCUT2D eigenvalue weighted by Gasteiger charge is -2.29. The molecule has 0 radical (unpaired) electrons. The molecular weight excluding hydrogens is 538 g/mol. The molecule has 0 N–H and O–H groups in total. The molecule has 0 bridgehead atoms. The molecule has 0 spiro atoms. The highest BCUT2D eigenvalue weighted by Gasteiger charge is 2.40. The summed E-state index contributed by atoms with van der Waals surface area (Å²) in [4.78, 5) is 22.8. The van der Waals surface area contributed by atoms with Crippen molar-refractivity contribution < 1.29 is 19.0 Å². The average Bonchev–Trinajstić information content (AvgIpc) is 3.37. The molecular formula is C36H41N3O4. The Balaban J connectivity index is 1.28. The molecule has 2 saturated carbocycles. The van der Waals surface area contributed by atoms with Crippen LogP contribution in [0.4, 0.5) is 17.1 Å². The number of rotatable bonds is 8. The Kier molecular flexibility index (Phi) is 8.96. The number of amidine groups is 1. The van der Waals surface area contributed by atoms with E-state index in [-0.39, 0.29) is 18.0 Å². The van der Waals surface area contributed by atoms with E-state index in [1.807, 2.05) is 71.6 Å². The minimum atomic E-state index is -0.0661. The summed E-state index contributed by atoms with van der Waals surface area (Å²) < 4.78 is 17.0. The van der Waals surface area contributed by atoms with E-state index in [9.17, 15) is 4.79 Å². The molecule has 0 unspecified atom stereocenters. The van der Waals surface area contributed by atoms with Crippen molar-refractivity contribution in [3.8, 4) is 11.5 Å². The van der Waals surface area contributed by atoms with Gasteiger partial charge in [-0.15, -0.1) is 0 Å². The van der Waals surface area contributed by atoms with E-state index in [4.69, 9.17) is 19.2 Å². The third kappa shape index (κ3) is 6.56. The van der Waals surface area contributed by atoms with Crippen molar-refractivity contribution in [3.05, 3.63) is 84.1 Å². The molecule has 3 aliphatic rings. The summed E-state index contributed by atoms with van der Waals surface area (Å²) in [7, 11) is 3.34. The van der Waals surface area contributed by atoms with Crippen LogP contribution in [0.3, 0.4) is 0 Å². The molecule has 2 aliphatic carbocycles. The molecule has 0 aromatic heterocycles. The van der Waals surface area contributed by atoms with Gasteiger partial charge in [-0.2, -0.15) is 0 Å². The molecule has 1 saturated heterocycles. The molecule has 3 aromatic rings. The maximum Gasteiger partial charge on any atom is 0.300 e. The van der Waals surface area contributed by atoms with Crippen LogP contribution >= 0.6 is 0 Å². The van der Waals surface area contributed by atoms with Crippen molar-refractivity contribution in [2.45, 2.75) is 76.3 Å². The number of carbonyl (C=O) groups excluding carboxylic acids is 1. The predicted octanol–water partition coefficient (Wildman–Crippen LogP) is 8.39. The molecule has 3 aromatic carbocycles. The number of hydrogen-bond donors (Lipinski definition) is 0. The van der Waals surface area contributed by atoms with Crippen molar-refractivity contribution in [1.82, 2.24) is 4.90 Å². The SMILES string of the molecule is COc1ccc(N(c2ccc(/C=C3/OC(=NC4CCCCC4)N(C4CCCCC4)C3=O)cc2)c2ccc(OC)cc2)cc1. The number of anilines is 3. The summed E-state index contributed by atoms with van der Waals surface area (Å²) in [6, 6.07) is 25.1. The molecule has 1 aliphatic heterocycles. The molecule has 1 heterocycles. The van der Waals surface area contributed by atoms with Crippen LogP contribution in [0.2, 0.25) is 0 Å². The zero-order chi connectivity index (χ0) is 29.6. The van der Waals surface area contributed by atoms with E-state index in [0.29, 0.717) is 11.8 Å². The second kappa shape index (κ2) is 13.4. The minimum Gasteiger partial charge on any atom is -0.497 e. The monoisotopic (exact) mass is 579 g/mol. The molecule has 7 nitrogen and oxygen atoms in total. The first kappa shape index (κ1) is 28.8. The molecule has 7 heteroatoms. The third-order valence-electron chi connectivity index (χ3n) is 8.75. The summed E-state index contributed by atoms with van der Waals surface area (Å²) >= 11 is 0. The van der Waals surface area contributed by atoms with Crippen molar-refractivity contribution in [1.29, 1.82) is 0 Å². The van der Waals surface area contributed by atoms with Gasteiger partial charge in [-0.3, -0.25) is 9.69 Å². The van der Waals surface area contributed by atoms with E-state index < -0.39 is 0 Å². The predicted molar refractivity (Wildman–Crippen MR) is 171 cm³/mol. The Hall–Kier alpha value is -4.26. The zero-order valence-electron chi connectivity index (χ0n) is 25.2. The van der Waals surface area contributed by atoms with Gasteiger partial charge >= 0.3 is 6.02 Å². The summed E-state index contributed by atoms with van der Waals surface area (Å²) in [6.45, 7) is 0. The Bertz CT molecular complexity index is 1390. The average molecular weight is 580 g/mol. The normalized spacial score (nSPS) is 20.0.